The van der Waals surface area contributed by atoms with Gasteiger partial charge in [0.2, 0.25) is 0 Å². The lowest BCUT2D eigenvalue weighted by Gasteiger charge is -2.28. The fourth-order valence-electron chi connectivity index (χ4n) is 7.56. The van der Waals surface area contributed by atoms with Crippen molar-refractivity contribution < 1.29 is 0 Å². The average molecular weight is 668 g/mol. The van der Waals surface area contributed by atoms with Gasteiger partial charge in [-0.3, -0.25) is 9.97 Å². The van der Waals surface area contributed by atoms with Crippen molar-refractivity contribution in [3.05, 3.63) is 199 Å². The molecule has 0 radical (unpaired) electrons. The first-order valence-corrected chi connectivity index (χ1v) is 17.8. The summed E-state index contributed by atoms with van der Waals surface area (Å²) < 4.78 is 2.38. The number of nitrogens with zero attached hydrogens (tertiary/aromatic N) is 3. The van der Waals surface area contributed by atoms with Gasteiger partial charge in [-0.25, -0.2) is 0 Å². The van der Waals surface area contributed by atoms with Crippen LogP contribution in [0.3, 0.4) is 0 Å². The molecule has 0 aliphatic heterocycles. The number of pyridine rings is 2. The quantitative estimate of drug-likeness (QED) is 0.169. The molecule has 9 aromatic rings. The van der Waals surface area contributed by atoms with Crippen LogP contribution < -0.4 is 0 Å². The Morgan fingerprint density at radius 1 is 0.404 bits per heavy atom. The molecule has 248 valence electrons. The van der Waals surface area contributed by atoms with Crippen LogP contribution in [0.4, 0.5) is 0 Å². The summed E-state index contributed by atoms with van der Waals surface area (Å²) in [7, 11) is 0. The van der Waals surface area contributed by atoms with Gasteiger partial charge < -0.3 is 4.57 Å². The van der Waals surface area contributed by atoms with Crippen molar-refractivity contribution in [1.29, 1.82) is 0 Å². The van der Waals surface area contributed by atoms with E-state index >= 15 is 0 Å². The van der Waals surface area contributed by atoms with Crippen LogP contribution in [0.25, 0.3) is 72.3 Å². The van der Waals surface area contributed by atoms with Gasteiger partial charge >= 0.3 is 0 Å². The molecule has 9 rings (SSSR count). The van der Waals surface area contributed by atoms with E-state index in [1.54, 1.807) is 0 Å². The molecule has 0 amide bonds. The van der Waals surface area contributed by atoms with Crippen LogP contribution in [0.15, 0.2) is 188 Å². The first-order valence-electron chi connectivity index (χ1n) is 17.8. The van der Waals surface area contributed by atoms with Gasteiger partial charge in [-0.1, -0.05) is 146 Å². The van der Waals surface area contributed by atoms with Crippen LogP contribution in [-0.4, -0.2) is 14.5 Å². The van der Waals surface area contributed by atoms with E-state index in [0.717, 1.165) is 61.8 Å². The molecular formula is C49H37N3. The summed E-state index contributed by atoms with van der Waals surface area (Å²) in [6.45, 7) is 4.50. The second kappa shape index (κ2) is 12.9. The highest BCUT2D eigenvalue weighted by Gasteiger charge is 2.31. The molecule has 6 aromatic carbocycles. The maximum atomic E-state index is 5.49. The maximum absolute atomic E-state index is 5.49. The number of aromatic nitrogens is 3. The van der Waals surface area contributed by atoms with E-state index in [1.165, 1.54) is 21.8 Å². The van der Waals surface area contributed by atoms with E-state index < -0.39 is 5.41 Å². The SMILES string of the molecule is CC(C)(c1cccc(-c2ccccc2)n1)c1nc(-c2ccccc2)ccc1-c1ccccc1-c1ccc2c3ccccc3n(-c3ccccc3)c2c1. The number of hydrogen-bond acceptors (Lipinski definition) is 2. The highest BCUT2D eigenvalue weighted by atomic mass is 15.0. The molecule has 3 heteroatoms. The summed E-state index contributed by atoms with van der Waals surface area (Å²) >= 11 is 0. The molecule has 0 saturated heterocycles. The standard InChI is InChI=1S/C49H37N3/c1-49(2,47-28-16-26-43(50-47)34-17-6-3-7-18-34)48-42(31-32-44(51-48)35-19-8-4-9-20-35)39-24-13-12-23-38(39)36-29-30-41-40-25-14-15-27-45(40)52(46(41)33-36)37-21-10-5-11-22-37/h3-33H,1-2H3. The van der Waals surface area contributed by atoms with E-state index in [-0.39, 0.29) is 0 Å². The summed E-state index contributed by atoms with van der Waals surface area (Å²) in [5, 5.41) is 2.48. The third-order valence-electron chi connectivity index (χ3n) is 10.2. The third kappa shape index (κ3) is 5.48. The van der Waals surface area contributed by atoms with Crippen molar-refractivity contribution in [2.24, 2.45) is 0 Å². The smallest absolute Gasteiger partial charge is 0.0706 e. The molecule has 0 atom stereocenters. The summed E-state index contributed by atoms with van der Waals surface area (Å²) in [6, 6.07) is 66.6. The van der Waals surface area contributed by atoms with Gasteiger partial charge in [0.25, 0.3) is 0 Å². The zero-order chi connectivity index (χ0) is 35.1. The minimum Gasteiger partial charge on any atom is -0.309 e. The summed E-state index contributed by atoms with van der Waals surface area (Å²) in [5.74, 6) is 0. The fourth-order valence-corrected chi connectivity index (χ4v) is 7.56. The van der Waals surface area contributed by atoms with Crippen LogP contribution in [-0.2, 0) is 5.41 Å². The van der Waals surface area contributed by atoms with Gasteiger partial charge in [-0.15, -0.1) is 0 Å². The third-order valence-corrected chi connectivity index (χ3v) is 10.2. The highest BCUT2D eigenvalue weighted by Crippen LogP contribution is 2.43. The molecule has 0 N–H and O–H groups in total. The Hall–Kier alpha value is -6.58. The van der Waals surface area contributed by atoms with Crippen LogP contribution in [0.2, 0.25) is 0 Å². The zero-order valence-corrected chi connectivity index (χ0v) is 29.2. The van der Waals surface area contributed by atoms with E-state index in [9.17, 15) is 0 Å². The van der Waals surface area contributed by atoms with Crippen molar-refractivity contribution in [2.45, 2.75) is 19.3 Å². The minimum atomic E-state index is -0.526. The molecule has 0 saturated carbocycles. The second-order valence-corrected chi connectivity index (χ2v) is 13.8. The number of fused-ring (bicyclic) bond motifs is 3. The largest absolute Gasteiger partial charge is 0.309 e. The summed E-state index contributed by atoms with van der Waals surface area (Å²) in [5.41, 5.74) is 13.6. The normalized spacial score (nSPS) is 11.7. The van der Waals surface area contributed by atoms with Crippen molar-refractivity contribution in [3.8, 4) is 50.5 Å². The lowest BCUT2D eigenvalue weighted by molar-refractivity contribution is 0.599. The predicted molar refractivity (Wildman–Crippen MR) is 217 cm³/mol. The lowest BCUT2D eigenvalue weighted by atomic mass is 9.79. The van der Waals surface area contributed by atoms with Crippen molar-refractivity contribution in [1.82, 2.24) is 14.5 Å². The Balaban J connectivity index is 1.25. The molecule has 52 heavy (non-hydrogen) atoms. The molecule has 0 aliphatic carbocycles. The topological polar surface area (TPSA) is 30.7 Å². The maximum Gasteiger partial charge on any atom is 0.0706 e. The molecule has 3 nitrogen and oxygen atoms in total. The molecule has 0 bridgehead atoms. The van der Waals surface area contributed by atoms with E-state index in [0.29, 0.717) is 0 Å². The Bertz CT molecular complexity index is 2690. The van der Waals surface area contributed by atoms with E-state index in [1.807, 2.05) is 12.1 Å². The Morgan fingerprint density at radius 2 is 1.00 bits per heavy atom. The minimum absolute atomic E-state index is 0.526. The Morgan fingerprint density at radius 3 is 1.73 bits per heavy atom. The van der Waals surface area contributed by atoms with Gasteiger partial charge in [0.1, 0.15) is 0 Å². The average Bonchev–Trinajstić information content (AvgIpc) is 3.55. The number of para-hydroxylation sites is 2. The summed E-state index contributed by atoms with van der Waals surface area (Å²) in [6.07, 6.45) is 0. The van der Waals surface area contributed by atoms with Gasteiger partial charge in [0.15, 0.2) is 0 Å². The Labute approximate surface area is 304 Å². The predicted octanol–water partition coefficient (Wildman–Crippen LogP) is 12.6. The van der Waals surface area contributed by atoms with Crippen molar-refractivity contribution >= 4 is 21.8 Å². The highest BCUT2D eigenvalue weighted by molar-refractivity contribution is 6.10. The molecular weight excluding hydrogens is 631 g/mol. The summed E-state index contributed by atoms with van der Waals surface area (Å²) in [4.78, 5) is 10.8. The number of hydrogen-bond donors (Lipinski definition) is 0. The van der Waals surface area contributed by atoms with Gasteiger partial charge in [0.05, 0.1) is 33.8 Å². The van der Waals surface area contributed by atoms with Crippen LogP contribution >= 0.6 is 0 Å². The van der Waals surface area contributed by atoms with Crippen LogP contribution in [0.1, 0.15) is 25.2 Å². The van der Waals surface area contributed by atoms with Gasteiger partial charge in [0, 0.05) is 38.6 Å². The van der Waals surface area contributed by atoms with Crippen LogP contribution in [0, 0.1) is 0 Å². The molecule has 0 aliphatic rings. The van der Waals surface area contributed by atoms with Gasteiger partial charge in [-0.05, 0) is 73.0 Å². The first kappa shape index (κ1) is 31.4. The van der Waals surface area contributed by atoms with Gasteiger partial charge in [-0.2, -0.15) is 0 Å². The molecule has 0 spiro atoms. The molecule has 3 aromatic heterocycles. The Kier molecular flexibility index (Phi) is 7.82. The molecule has 0 fully saturated rings. The number of rotatable bonds is 7. The van der Waals surface area contributed by atoms with E-state index in [2.05, 4.69) is 194 Å². The zero-order valence-electron chi connectivity index (χ0n) is 29.2. The molecule has 0 unspecified atom stereocenters. The second-order valence-electron chi connectivity index (χ2n) is 13.8. The molecule has 3 heterocycles. The monoisotopic (exact) mass is 667 g/mol. The first-order chi connectivity index (χ1) is 25.6. The van der Waals surface area contributed by atoms with Crippen molar-refractivity contribution in [3.63, 3.8) is 0 Å². The fraction of sp³-hybridized carbons (Fsp3) is 0.0612. The number of benzene rings is 6. The van der Waals surface area contributed by atoms with Crippen LogP contribution in [0.5, 0.6) is 0 Å². The van der Waals surface area contributed by atoms with Crippen molar-refractivity contribution in [2.75, 3.05) is 0 Å². The van der Waals surface area contributed by atoms with E-state index in [4.69, 9.17) is 9.97 Å². The lowest BCUT2D eigenvalue weighted by Crippen LogP contribution is -2.24.